The lowest BCUT2D eigenvalue weighted by Crippen LogP contribution is -2.17. The Morgan fingerprint density at radius 3 is 1.86 bits per heavy atom. The Balaban J connectivity index is 1.46. The van der Waals surface area contributed by atoms with E-state index in [9.17, 15) is 0 Å². The molecule has 0 aromatic heterocycles. The first-order valence-corrected chi connectivity index (χ1v) is 13.1. The van der Waals surface area contributed by atoms with Gasteiger partial charge in [0, 0.05) is 22.0 Å². The van der Waals surface area contributed by atoms with Crippen molar-refractivity contribution in [1.29, 1.82) is 0 Å². The lowest BCUT2D eigenvalue weighted by Gasteiger charge is -2.26. The third kappa shape index (κ3) is 2.92. The predicted octanol–water partition coefficient (Wildman–Crippen LogP) is 9.44. The van der Waals surface area contributed by atoms with Gasteiger partial charge in [0.05, 0.1) is 0 Å². The molecule has 0 unspecified atom stereocenters. The van der Waals surface area contributed by atoms with Gasteiger partial charge >= 0.3 is 0 Å². The van der Waals surface area contributed by atoms with Crippen molar-refractivity contribution in [3.8, 4) is 39.1 Å². The van der Waals surface area contributed by atoms with Gasteiger partial charge in [0.25, 0.3) is 0 Å². The molecule has 0 radical (unpaired) electrons. The third-order valence-corrected chi connectivity index (χ3v) is 8.68. The van der Waals surface area contributed by atoms with Crippen LogP contribution in [-0.2, 0) is 10.8 Å². The van der Waals surface area contributed by atoms with Crippen molar-refractivity contribution in [3.05, 3.63) is 131 Å². The van der Waals surface area contributed by atoms with E-state index in [-0.39, 0.29) is 10.8 Å². The molecule has 1 aliphatic heterocycles. The molecule has 1 nitrogen and oxygen atoms in total. The fourth-order valence-electron chi connectivity index (χ4n) is 6.70. The van der Waals surface area contributed by atoms with Crippen molar-refractivity contribution in [3.63, 3.8) is 0 Å². The van der Waals surface area contributed by atoms with Gasteiger partial charge in [0.1, 0.15) is 11.5 Å². The van der Waals surface area contributed by atoms with Crippen LogP contribution >= 0.6 is 0 Å². The van der Waals surface area contributed by atoms with Gasteiger partial charge in [-0.2, -0.15) is 0 Å². The molecular weight excluding hydrogens is 448 g/mol. The highest BCUT2D eigenvalue weighted by atomic mass is 16.5. The first-order chi connectivity index (χ1) is 17.8. The highest BCUT2D eigenvalue weighted by molar-refractivity contribution is 5.95. The summed E-state index contributed by atoms with van der Waals surface area (Å²) in [5.41, 5.74) is 14.4. The Labute approximate surface area is 219 Å². The van der Waals surface area contributed by atoms with Crippen LogP contribution in [0.5, 0.6) is 5.75 Å². The topological polar surface area (TPSA) is 9.23 Å². The predicted molar refractivity (Wildman–Crippen MR) is 155 cm³/mol. The fourth-order valence-corrected chi connectivity index (χ4v) is 6.70. The summed E-state index contributed by atoms with van der Waals surface area (Å²) in [5.74, 6) is 1.79. The Bertz CT molecular complexity index is 1710. The van der Waals surface area contributed by atoms with Crippen LogP contribution < -0.4 is 4.74 Å². The van der Waals surface area contributed by atoms with Gasteiger partial charge in [-0.15, -0.1) is 0 Å². The average molecular weight is 479 g/mol. The van der Waals surface area contributed by atoms with Gasteiger partial charge in [-0.1, -0.05) is 101 Å². The Kier molecular flexibility index (Phi) is 4.46. The summed E-state index contributed by atoms with van der Waals surface area (Å²) in [5, 5.41) is 0. The van der Waals surface area contributed by atoms with E-state index in [2.05, 4.69) is 107 Å². The number of benzene rings is 4. The maximum atomic E-state index is 6.56. The van der Waals surface area contributed by atoms with Crippen molar-refractivity contribution < 1.29 is 4.74 Å². The van der Waals surface area contributed by atoms with Crippen molar-refractivity contribution >= 4 is 5.76 Å². The number of hydrogen-bond donors (Lipinski definition) is 0. The lowest BCUT2D eigenvalue weighted by molar-refractivity contribution is 0.509. The van der Waals surface area contributed by atoms with Crippen LogP contribution in [0, 0.1) is 0 Å². The van der Waals surface area contributed by atoms with E-state index in [0.29, 0.717) is 0 Å². The van der Waals surface area contributed by atoms with E-state index in [4.69, 9.17) is 4.74 Å². The third-order valence-electron chi connectivity index (χ3n) is 8.68. The van der Waals surface area contributed by atoms with Gasteiger partial charge in [-0.25, -0.2) is 0 Å². The van der Waals surface area contributed by atoms with Crippen LogP contribution in [0.3, 0.4) is 0 Å². The Hall–Kier alpha value is -4.10. The monoisotopic (exact) mass is 478 g/mol. The lowest BCUT2D eigenvalue weighted by atomic mass is 9.79. The second kappa shape index (κ2) is 7.46. The molecule has 0 atom stereocenters. The van der Waals surface area contributed by atoms with Crippen LogP contribution in [-0.4, -0.2) is 0 Å². The Morgan fingerprint density at radius 1 is 0.568 bits per heavy atom. The molecule has 4 aromatic rings. The van der Waals surface area contributed by atoms with Gasteiger partial charge in [-0.3, -0.25) is 0 Å². The molecule has 0 amide bonds. The molecule has 7 rings (SSSR count). The van der Waals surface area contributed by atoms with Crippen LogP contribution in [0.25, 0.3) is 39.1 Å². The molecule has 0 saturated heterocycles. The summed E-state index contributed by atoms with van der Waals surface area (Å²) in [6.07, 6.45) is 7.72. The summed E-state index contributed by atoms with van der Waals surface area (Å²) in [6.45, 7) is 13.2. The second-order valence-corrected chi connectivity index (χ2v) is 11.4. The molecule has 1 heteroatoms. The molecule has 4 aromatic carbocycles. The van der Waals surface area contributed by atoms with Crippen molar-refractivity contribution in [1.82, 2.24) is 0 Å². The normalized spacial score (nSPS) is 17.9. The second-order valence-electron chi connectivity index (χ2n) is 11.4. The molecule has 0 spiro atoms. The number of hydrogen-bond acceptors (Lipinski definition) is 1. The molecular formula is C36H30O. The fraction of sp³-hybridized carbons (Fsp3) is 0.167. The maximum Gasteiger partial charge on any atom is 0.135 e. The maximum absolute atomic E-state index is 6.56. The van der Waals surface area contributed by atoms with E-state index in [1.54, 1.807) is 6.08 Å². The first-order valence-electron chi connectivity index (χ1n) is 13.1. The van der Waals surface area contributed by atoms with E-state index < -0.39 is 0 Å². The van der Waals surface area contributed by atoms with Gasteiger partial charge in [-0.05, 0) is 80.4 Å². The number of fused-ring (bicyclic) bond motifs is 9. The zero-order valence-corrected chi connectivity index (χ0v) is 21.9. The number of allylic oxidation sites excluding steroid dienone is 4. The average Bonchev–Trinajstić information content (AvgIpc) is 3.26. The largest absolute Gasteiger partial charge is 0.456 e. The zero-order chi connectivity index (χ0) is 25.5. The number of ether oxygens (including phenoxy) is 1. The van der Waals surface area contributed by atoms with E-state index in [0.717, 1.165) is 22.6 Å². The van der Waals surface area contributed by atoms with Crippen molar-refractivity contribution in [2.75, 3.05) is 0 Å². The summed E-state index contributed by atoms with van der Waals surface area (Å²) in [4.78, 5) is 0. The summed E-state index contributed by atoms with van der Waals surface area (Å²) in [6, 6.07) is 27.0. The first kappa shape index (κ1) is 22.1. The van der Waals surface area contributed by atoms with Crippen molar-refractivity contribution in [2.45, 2.75) is 38.5 Å². The van der Waals surface area contributed by atoms with Crippen LogP contribution in [0.2, 0.25) is 0 Å². The quantitative estimate of drug-likeness (QED) is 0.261. The standard InChI is InChI=1S/C36H30O/c1-6-7-8-17-33-24-15-10-9-13-22(24)28-18-25-27-20-30-26(23-14-11-12-16-29(23)35(30,2)3)19-31(27)36(4,5)32(25)21-34(28)37-33/h6-21H,1H2,2-5H3/b8-7-,33-17-. The summed E-state index contributed by atoms with van der Waals surface area (Å²) >= 11 is 0. The molecule has 180 valence electrons. The van der Waals surface area contributed by atoms with E-state index in [1.807, 2.05) is 18.2 Å². The molecule has 37 heavy (non-hydrogen) atoms. The van der Waals surface area contributed by atoms with E-state index >= 15 is 0 Å². The van der Waals surface area contributed by atoms with Gasteiger partial charge < -0.3 is 4.74 Å². The van der Waals surface area contributed by atoms with Crippen molar-refractivity contribution in [2.24, 2.45) is 0 Å². The van der Waals surface area contributed by atoms with Crippen LogP contribution in [0.15, 0.2) is 104 Å². The SMILES string of the molecule is C=C/C=C\C=C1/Oc2cc3c(cc2-c2ccccc21)-c1cc2c(cc1C3(C)C)-c1ccccc1C2(C)C. The molecule has 0 saturated carbocycles. The minimum Gasteiger partial charge on any atom is -0.456 e. The summed E-state index contributed by atoms with van der Waals surface area (Å²) < 4.78 is 6.56. The molecule has 2 aliphatic carbocycles. The molecule has 3 aliphatic rings. The highest BCUT2D eigenvalue weighted by Crippen LogP contribution is 2.58. The van der Waals surface area contributed by atoms with Crippen LogP contribution in [0.1, 0.15) is 55.5 Å². The Morgan fingerprint density at radius 2 is 1.14 bits per heavy atom. The number of rotatable bonds is 2. The molecule has 0 fully saturated rings. The van der Waals surface area contributed by atoms with E-state index in [1.165, 1.54) is 50.1 Å². The minimum absolute atomic E-state index is 0.0174. The summed E-state index contributed by atoms with van der Waals surface area (Å²) in [7, 11) is 0. The van der Waals surface area contributed by atoms with Gasteiger partial charge in [0.15, 0.2) is 0 Å². The molecule has 1 heterocycles. The minimum atomic E-state index is -0.122. The van der Waals surface area contributed by atoms with Gasteiger partial charge in [0.2, 0.25) is 0 Å². The molecule has 0 bridgehead atoms. The van der Waals surface area contributed by atoms with Crippen LogP contribution in [0.4, 0.5) is 0 Å². The zero-order valence-electron chi connectivity index (χ0n) is 21.9. The smallest absolute Gasteiger partial charge is 0.135 e. The highest BCUT2D eigenvalue weighted by Gasteiger charge is 2.42. The molecule has 0 N–H and O–H groups in total.